The molecule has 1 unspecified atom stereocenters. The second-order valence-electron chi connectivity index (χ2n) is 4.85. The first-order valence-electron chi connectivity index (χ1n) is 6.83. The maximum Gasteiger partial charge on any atom is 0.146 e. The smallest absolute Gasteiger partial charge is 0.146 e. The third-order valence-electron chi connectivity index (χ3n) is 3.18. The van der Waals surface area contributed by atoms with Crippen molar-refractivity contribution in [3.05, 3.63) is 58.6 Å². The van der Waals surface area contributed by atoms with Gasteiger partial charge in [0.2, 0.25) is 0 Å². The zero-order valence-corrected chi connectivity index (χ0v) is 12.9. The highest BCUT2D eigenvalue weighted by Crippen LogP contribution is 2.31. The highest BCUT2D eigenvalue weighted by atomic mass is 35.5. The third-order valence-corrected chi connectivity index (χ3v) is 3.48. The SMILES string of the molecule is COCCc1ccc(Oc2ccc(C(C)O)cc2Cl)cc1. The fourth-order valence-electron chi connectivity index (χ4n) is 1.93. The lowest BCUT2D eigenvalue weighted by Gasteiger charge is -2.11. The molecular formula is C17H19ClO3. The fourth-order valence-corrected chi connectivity index (χ4v) is 2.16. The van der Waals surface area contributed by atoms with Crippen molar-refractivity contribution in [2.45, 2.75) is 19.4 Å². The van der Waals surface area contributed by atoms with Crippen molar-refractivity contribution in [3.8, 4) is 11.5 Å². The number of hydrogen-bond acceptors (Lipinski definition) is 3. The average Bonchev–Trinajstić information content (AvgIpc) is 2.48. The minimum Gasteiger partial charge on any atom is -0.456 e. The summed E-state index contributed by atoms with van der Waals surface area (Å²) in [6, 6.07) is 13.1. The summed E-state index contributed by atoms with van der Waals surface area (Å²) in [5.41, 5.74) is 1.96. The van der Waals surface area contributed by atoms with Crippen LogP contribution in [-0.2, 0) is 11.2 Å². The summed E-state index contributed by atoms with van der Waals surface area (Å²) >= 11 is 6.17. The number of aliphatic hydroxyl groups is 1. The van der Waals surface area contributed by atoms with Crippen molar-refractivity contribution >= 4 is 11.6 Å². The van der Waals surface area contributed by atoms with Crippen LogP contribution in [0.4, 0.5) is 0 Å². The molecule has 0 aliphatic carbocycles. The Morgan fingerprint density at radius 1 is 1.14 bits per heavy atom. The van der Waals surface area contributed by atoms with Crippen LogP contribution in [0, 0.1) is 0 Å². The van der Waals surface area contributed by atoms with Crippen LogP contribution in [0.25, 0.3) is 0 Å². The Balaban J connectivity index is 2.07. The molecule has 0 amide bonds. The van der Waals surface area contributed by atoms with Crippen molar-refractivity contribution < 1.29 is 14.6 Å². The van der Waals surface area contributed by atoms with Gasteiger partial charge in [-0.1, -0.05) is 29.8 Å². The molecule has 0 fully saturated rings. The molecule has 0 saturated carbocycles. The Morgan fingerprint density at radius 2 is 1.86 bits per heavy atom. The molecule has 1 atom stereocenters. The highest BCUT2D eigenvalue weighted by Gasteiger charge is 2.07. The molecule has 21 heavy (non-hydrogen) atoms. The van der Waals surface area contributed by atoms with Crippen molar-refractivity contribution in [3.63, 3.8) is 0 Å². The van der Waals surface area contributed by atoms with Gasteiger partial charge in [-0.3, -0.25) is 0 Å². The number of benzene rings is 2. The van der Waals surface area contributed by atoms with Gasteiger partial charge >= 0.3 is 0 Å². The van der Waals surface area contributed by atoms with Crippen molar-refractivity contribution in [1.29, 1.82) is 0 Å². The van der Waals surface area contributed by atoms with E-state index in [0.29, 0.717) is 17.4 Å². The second-order valence-corrected chi connectivity index (χ2v) is 5.26. The quantitative estimate of drug-likeness (QED) is 0.861. The van der Waals surface area contributed by atoms with Crippen LogP contribution in [0.5, 0.6) is 11.5 Å². The second kappa shape index (κ2) is 7.46. The van der Waals surface area contributed by atoms with E-state index in [-0.39, 0.29) is 0 Å². The number of aliphatic hydroxyl groups excluding tert-OH is 1. The highest BCUT2D eigenvalue weighted by molar-refractivity contribution is 6.32. The number of rotatable bonds is 6. The van der Waals surface area contributed by atoms with Gasteiger partial charge in [-0.15, -0.1) is 0 Å². The van der Waals surface area contributed by atoms with Crippen LogP contribution >= 0.6 is 11.6 Å². The monoisotopic (exact) mass is 306 g/mol. The Hall–Kier alpha value is -1.55. The maximum atomic E-state index is 9.52. The van der Waals surface area contributed by atoms with Crippen molar-refractivity contribution in [1.82, 2.24) is 0 Å². The molecule has 0 aliphatic heterocycles. The average molecular weight is 307 g/mol. The normalized spacial score (nSPS) is 12.2. The number of hydrogen-bond donors (Lipinski definition) is 1. The first-order valence-corrected chi connectivity index (χ1v) is 7.21. The van der Waals surface area contributed by atoms with Gasteiger partial charge in [-0.2, -0.15) is 0 Å². The third kappa shape index (κ3) is 4.46. The van der Waals surface area contributed by atoms with Gasteiger partial charge < -0.3 is 14.6 Å². The topological polar surface area (TPSA) is 38.7 Å². The van der Waals surface area contributed by atoms with Gasteiger partial charge in [0.1, 0.15) is 11.5 Å². The molecule has 2 aromatic rings. The summed E-state index contributed by atoms with van der Waals surface area (Å²) in [5, 5.41) is 10.0. The molecule has 4 heteroatoms. The van der Waals surface area contributed by atoms with Crippen LogP contribution in [0.3, 0.4) is 0 Å². The Kier molecular flexibility index (Phi) is 5.62. The predicted octanol–water partition coefficient (Wildman–Crippen LogP) is 4.37. The van der Waals surface area contributed by atoms with Gasteiger partial charge in [0.05, 0.1) is 17.7 Å². The first-order chi connectivity index (χ1) is 10.1. The van der Waals surface area contributed by atoms with Crippen LogP contribution in [0.1, 0.15) is 24.2 Å². The van der Waals surface area contributed by atoms with Crippen LogP contribution in [0.15, 0.2) is 42.5 Å². The summed E-state index contributed by atoms with van der Waals surface area (Å²) in [6.07, 6.45) is 0.331. The van der Waals surface area contributed by atoms with E-state index < -0.39 is 6.10 Å². The summed E-state index contributed by atoms with van der Waals surface area (Å²) in [5.74, 6) is 1.30. The van der Waals surface area contributed by atoms with Crippen LogP contribution in [0.2, 0.25) is 5.02 Å². The Bertz CT molecular complexity index is 579. The van der Waals surface area contributed by atoms with E-state index in [9.17, 15) is 5.11 Å². The van der Waals surface area contributed by atoms with E-state index >= 15 is 0 Å². The van der Waals surface area contributed by atoms with Gasteiger partial charge in [0, 0.05) is 7.11 Å². The standard InChI is InChI=1S/C17H19ClO3/c1-12(19)14-5-8-17(16(18)11-14)21-15-6-3-13(4-7-15)9-10-20-2/h3-8,11-12,19H,9-10H2,1-2H3. The van der Waals surface area contributed by atoms with E-state index in [0.717, 1.165) is 17.7 Å². The zero-order chi connectivity index (χ0) is 15.2. The van der Waals surface area contributed by atoms with Crippen LogP contribution < -0.4 is 4.74 Å². The van der Waals surface area contributed by atoms with E-state index in [1.54, 1.807) is 32.2 Å². The molecule has 0 heterocycles. The zero-order valence-electron chi connectivity index (χ0n) is 12.2. The minimum absolute atomic E-state index is 0.483. The largest absolute Gasteiger partial charge is 0.456 e. The van der Waals surface area contributed by atoms with Gasteiger partial charge in [0.25, 0.3) is 0 Å². The summed E-state index contributed by atoms with van der Waals surface area (Å²) in [7, 11) is 1.69. The van der Waals surface area contributed by atoms with E-state index in [2.05, 4.69) is 0 Å². The molecule has 0 radical (unpaired) electrons. The molecule has 0 saturated heterocycles. The predicted molar refractivity (Wildman–Crippen MR) is 84.2 cm³/mol. The molecule has 0 bridgehead atoms. The number of ether oxygens (including phenoxy) is 2. The van der Waals surface area contributed by atoms with Gasteiger partial charge in [-0.05, 0) is 48.7 Å². The molecule has 3 nitrogen and oxygen atoms in total. The molecule has 2 rings (SSSR count). The Labute approximate surface area is 130 Å². The Morgan fingerprint density at radius 3 is 2.43 bits per heavy atom. The maximum absolute atomic E-state index is 9.52. The fraction of sp³-hybridized carbons (Fsp3) is 0.294. The van der Waals surface area contributed by atoms with Gasteiger partial charge in [0.15, 0.2) is 0 Å². The van der Waals surface area contributed by atoms with Gasteiger partial charge in [-0.25, -0.2) is 0 Å². The lowest BCUT2D eigenvalue weighted by Crippen LogP contribution is -1.94. The molecule has 0 aromatic heterocycles. The molecular weight excluding hydrogens is 288 g/mol. The first kappa shape index (κ1) is 15.8. The van der Waals surface area contributed by atoms with E-state index in [1.165, 1.54) is 5.56 Å². The van der Waals surface area contributed by atoms with E-state index in [1.807, 2.05) is 24.3 Å². The summed E-state index contributed by atoms with van der Waals surface area (Å²) < 4.78 is 10.8. The van der Waals surface area contributed by atoms with Crippen molar-refractivity contribution in [2.75, 3.05) is 13.7 Å². The molecule has 2 aromatic carbocycles. The molecule has 112 valence electrons. The molecule has 0 aliphatic rings. The van der Waals surface area contributed by atoms with E-state index in [4.69, 9.17) is 21.1 Å². The lowest BCUT2D eigenvalue weighted by molar-refractivity contribution is 0.199. The lowest BCUT2D eigenvalue weighted by atomic mass is 10.1. The van der Waals surface area contributed by atoms with Crippen LogP contribution in [-0.4, -0.2) is 18.8 Å². The molecule has 1 N–H and O–H groups in total. The number of methoxy groups -OCH3 is 1. The summed E-state index contributed by atoms with van der Waals surface area (Å²) in [4.78, 5) is 0. The van der Waals surface area contributed by atoms with Crippen molar-refractivity contribution in [2.24, 2.45) is 0 Å². The number of halogens is 1. The summed E-state index contributed by atoms with van der Waals surface area (Å²) in [6.45, 7) is 2.40. The minimum atomic E-state index is -0.545. The molecule has 0 spiro atoms.